The number of esters is 1. The van der Waals surface area contributed by atoms with Crippen LogP contribution >= 0.6 is 15.9 Å². The summed E-state index contributed by atoms with van der Waals surface area (Å²) < 4.78 is 5.26. The number of carbonyl (C=O) groups is 1. The summed E-state index contributed by atoms with van der Waals surface area (Å²) in [6.45, 7) is 0. The third-order valence-electron chi connectivity index (χ3n) is 2.22. The van der Waals surface area contributed by atoms with Gasteiger partial charge in [0.25, 0.3) is 0 Å². The molecule has 0 fully saturated rings. The molecule has 0 bridgehead atoms. The average Bonchev–Trinajstić information content (AvgIpc) is 2.33. The highest BCUT2D eigenvalue weighted by atomic mass is 79.9. The summed E-state index contributed by atoms with van der Waals surface area (Å²) in [5, 5.41) is 10.6. The number of halogens is 1. The fraction of sp³-hybridized carbons (Fsp3) is 0.0909. The van der Waals surface area contributed by atoms with Crippen LogP contribution in [0, 0.1) is 0 Å². The molecule has 1 aromatic heterocycles. The van der Waals surface area contributed by atoms with Gasteiger partial charge >= 0.3 is 5.97 Å². The monoisotopic (exact) mass is 281 g/mol. The highest BCUT2D eigenvalue weighted by Gasteiger charge is 2.17. The number of ether oxygens (including phenoxy) is 1. The molecular weight excluding hydrogens is 274 g/mol. The van der Waals surface area contributed by atoms with Crippen LogP contribution in [0.25, 0.3) is 10.9 Å². The van der Waals surface area contributed by atoms with Crippen LogP contribution in [0.1, 0.15) is 10.4 Å². The second-order valence-corrected chi connectivity index (χ2v) is 4.00. The van der Waals surface area contributed by atoms with Gasteiger partial charge in [0, 0.05) is 16.1 Å². The molecule has 0 saturated carbocycles. The van der Waals surface area contributed by atoms with Crippen LogP contribution in [0.5, 0.6) is 5.75 Å². The molecule has 1 N–H and O–H groups in total. The van der Waals surface area contributed by atoms with Crippen molar-refractivity contribution in [3.8, 4) is 5.75 Å². The summed E-state index contributed by atoms with van der Waals surface area (Å²) in [5.41, 5.74) is 0.470. The van der Waals surface area contributed by atoms with Crippen molar-refractivity contribution < 1.29 is 14.6 Å². The summed E-state index contributed by atoms with van der Waals surface area (Å²) in [4.78, 5) is 15.4. The van der Waals surface area contributed by atoms with Crippen molar-refractivity contribution in [3.05, 3.63) is 34.4 Å². The quantitative estimate of drug-likeness (QED) is 0.816. The predicted molar refractivity (Wildman–Crippen MR) is 62.4 cm³/mol. The molecule has 1 aromatic carbocycles. The van der Waals surface area contributed by atoms with Gasteiger partial charge in [-0.3, -0.25) is 4.98 Å². The molecule has 0 aliphatic rings. The van der Waals surface area contributed by atoms with E-state index in [-0.39, 0.29) is 11.3 Å². The molecule has 0 aliphatic carbocycles. The highest BCUT2D eigenvalue weighted by molar-refractivity contribution is 9.10. The van der Waals surface area contributed by atoms with E-state index in [0.29, 0.717) is 9.99 Å². The van der Waals surface area contributed by atoms with E-state index in [1.54, 1.807) is 18.3 Å². The van der Waals surface area contributed by atoms with Gasteiger partial charge in [0.2, 0.25) is 0 Å². The summed E-state index contributed by atoms with van der Waals surface area (Å²) >= 11 is 3.32. The van der Waals surface area contributed by atoms with Crippen molar-refractivity contribution in [2.75, 3.05) is 7.11 Å². The zero-order valence-corrected chi connectivity index (χ0v) is 9.98. The van der Waals surface area contributed by atoms with Gasteiger partial charge in [-0.15, -0.1) is 0 Å². The van der Waals surface area contributed by atoms with Crippen LogP contribution in [-0.2, 0) is 4.74 Å². The SMILES string of the molecule is COC(=O)c1cc(Br)c2cccnc2c1O. The van der Waals surface area contributed by atoms with Crippen molar-refractivity contribution >= 4 is 32.8 Å². The maximum atomic E-state index is 11.4. The van der Waals surface area contributed by atoms with E-state index in [1.807, 2.05) is 0 Å². The second kappa shape index (κ2) is 4.09. The van der Waals surface area contributed by atoms with Gasteiger partial charge < -0.3 is 9.84 Å². The van der Waals surface area contributed by atoms with Crippen LogP contribution in [0.15, 0.2) is 28.9 Å². The number of nitrogens with zero attached hydrogens (tertiary/aromatic N) is 1. The number of aromatic nitrogens is 1. The van der Waals surface area contributed by atoms with E-state index >= 15 is 0 Å². The first kappa shape index (κ1) is 10.9. The number of phenols is 1. The fourth-order valence-corrected chi connectivity index (χ4v) is 2.00. The Morgan fingerprint density at radius 2 is 2.31 bits per heavy atom. The molecule has 5 heteroatoms. The molecule has 0 saturated heterocycles. The van der Waals surface area contributed by atoms with Crippen molar-refractivity contribution in [1.29, 1.82) is 0 Å². The van der Waals surface area contributed by atoms with Crippen molar-refractivity contribution in [1.82, 2.24) is 4.98 Å². The summed E-state index contributed by atoms with van der Waals surface area (Å²) in [5.74, 6) is -0.753. The molecule has 0 aliphatic heterocycles. The topological polar surface area (TPSA) is 59.4 Å². The van der Waals surface area contributed by atoms with Crippen LogP contribution in [0.3, 0.4) is 0 Å². The Labute approximate surface area is 100.0 Å². The molecule has 0 spiro atoms. The first-order valence-electron chi connectivity index (χ1n) is 4.49. The van der Waals surface area contributed by atoms with Crippen LogP contribution in [0.2, 0.25) is 0 Å². The van der Waals surface area contributed by atoms with Crippen LogP contribution < -0.4 is 0 Å². The van der Waals surface area contributed by atoms with Crippen molar-refractivity contribution in [2.45, 2.75) is 0 Å². The second-order valence-electron chi connectivity index (χ2n) is 3.15. The van der Waals surface area contributed by atoms with E-state index < -0.39 is 5.97 Å². The number of rotatable bonds is 1. The van der Waals surface area contributed by atoms with Gasteiger partial charge in [0.1, 0.15) is 11.1 Å². The zero-order valence-electron chi connectivity index (χ0n) is 8.40. The van der Waals surface area contributed by atoms with Gasteiger partial charge in [-0.2, -0.15) is 0 Å². The molecule has 0 amide bonds. The number of methoxy groups -OCH3 is 1. The Morgan fingerprint density at radius 3 is 3.00 bits per heavy atom. The smallest absolute Gasteiger partial charge is 0.341 e. The van der Waals surface area contributed by atoms with E-state index in [0.717, 1.165) is 5.39 Å². The summed E-state index contributed by atoms with van der Waals surface area (Å²) in [6.07, 6.45) is 1.55. The minimum absolute atomic E-state index is 0.0978. The molecule has 2 aromatic rings. The van der Waals surface area contributed by atoms with Gasteiger partial charge in [-0.1, -0.05) is 22.0 Å². The van der Waals surface area contributed by atoms with E-state index in [2.05, 4.69) is 25.7 Å². The normalized spacial score (nSPS) is 10.4. The molecule has 0 atom stereocenters. The number of carbonyl (C=O) groups excluding carboxylic acids is 1. The minimum atomic E-state index is -0.592. The number of phenolic OH excluding ortho intramolecular Hbond substituents is 1. The predicted octanol–water partition coefficient (Wildman–Crippen LogP) is 2.49. The first-order valence-corrected chi connectivity index (χ1v) is 5.29. The van der Waals surface area contributed by atoms with E-state index in [4.69, 9.17) is 0 Å². The molecule has 0 radical (unpaired) electrons. The molecule has 0 unspecified atom stereocenters. The lowest BCUT2D eigenvalue weighted by molar-refractivity contribution is 0.0597. The lowest BCUT2D eigenvalue weighted by atomic mass is 10.1. The summed E-state index contributed by atoms with van der Waals surface area (Å²) in [7, 11) is 1.26. The highest BCUT2D eigenvalue weighted by Crippen LogP contribution is 2.33. The Hall–Kier alpha value is -1.62. The zero-order chi connectivity index (χ0) is 11.7. The van der Waals surface area contributed by atoms with Gasteiger partial charge in [0.05, 0.1) is 7.11 Å². The number of benzene rings is 1. The molecule has 2 rings (SSSR count). The molecular formula is C11H8BrNO3. The molecule has 4 nitrogen and oxygen atoms in total. The van der Waals surface area contributed by atoms with Crippen LogP contribution in [-0.4, -0.2) is 23.2 Å². The average molecular weight is 282 g/mol. The Bertz CT molecular complexity index is 568. The third-order valence-corrected chi connectivity index (χ3v) is 2.88. The van der Waals surface area contributed by atoms with E-state index in [1.165, 1.54) is 13.2 Å². The first-order chi connectivity index (χ1) is 7.65. The Morgan fingerprint density at radius 1 is 1.56 bits per heavy atom. The minimum Gasteiger partial charge on any atom is -0.505 e. The summed E-state index contributed by atoms with van der Waals surface area (Å²) in [6, 6.07) is 5.07. The van der Waals surface area contributed by atoms with Crippen molar-refractivity contribution in [2.24, 2.45) is 0 Å². The lowest BCUT2D eigenvalue weighted by Gasteiger charge is -2.07. The number of fused-ring (bicyclic) bond motifs is 1. The van der Waals surface area contributed by atoms with Gasteiger partial charge in [0.15, 0.2) is 5.75 Å². The van der Waals surface area contributed by atoms with Gasteiger partial charge in [-0.05, 0) is 12.1 Å². The number of pyridine rings is 1. The standard InChI is InChI=1S/C11H8BrNO3/c1-16-11(15)7-5-8(12)6-3-2-4-13-9(6)10(7)14/h2-5,14H,1H3. The molecule has 1 heterocycles. The van der Waals surface area contributed by atoms with Gasteiger partial charge in [-0.25, -0.2) is 4.79 Å². The maximum Gasteiger partial charge on any atom is 0.341 e. The third kappa shape index (κ3) is 1.63. The maximum absolute atomic E-state index is 11.4. The number of hydrogen-bond donors (Lipinski definition) is 1. The fourth-order valence-electron chi connectivity index (χ4n) is 1.45. The number of hydrogen-bond acceptors (Lipinski definition) is 4. The van der Waals surface area contributed by atoms with Crippen molar-refractivity contribution in [3.63, 3.8) is 0 Å². The molecule has 82 valence electrons. The van der Waals surface area contributed by atoms with E-state index in [9.17, 15) is 9.90 Å². The number of aromatic hydroxyl groups is 1. The lowest BCUT2D eigenvalue weighted by Crippen LogP contribution is -2.02. The Kier molecular flexibility index (Phi) is 2.78. The van der Waals surface area contributed by atoms with Crippen LogP contribution in [0.4, 0.5) is 0 Å². The molecule has 16 heavy (non-hydrogen) atoms. The largest absolute Gasteiger partial charge is 0.505 e. The Balaban J connectivity index is 2.80.